The van der Waals surface area contributed by atoms with Crippen molar-refractivity contribution in [3.05, 3.63) is 169 Å². The van der Waals surface area contributed by atoms with E-state index < -0.39 is 176 Å². The van der Waals surface area contributed by atoms with Crippen molar-refractivity contribution < 1.29 is 31.8 Å². The quantitative estimate of drug-likeness (QED) is 0.185. The molecule has 1 aromatic heterocycles. The van der Waals surface area contributed by atoms with Crippen LogP contribution in [0.4, 0.5) is 0 Å². The molecule has 0 aliphatic heterocycles. The number of benzene rings is 8. The smallest absolute Gasteiger partial charge is 0.143 e. The highest BCUT2D eigenvalue weighted by atomic mass is 16.3. The average molecular weight is 593 g/mol. The molecule has 9 rings (SSSR count). The van der Waals surface area contributed by atoms with Crippen LogP contribution in [0.2, 0.25) is 0 Å². The molecular weight excluding hydrogens is 544 g/mol. The number of fused-ring (bicyclic) bond motifs is 4. The first kappa shape index (κ1) is 12.6. The lowest BCUT2D eigenvalue weighted by molar-refractivity contribution is 0.633. The van der Waals surface area contributed by atoms with Gasteiger partial charge in [-0.25, -0.2) is 0 Å². The standard InChI is InChI=1S/C44H28O/c1-3-15-30(16-4-1)34-24-13-25-39-42(43(45-44(34)39)33-27-26-29-14-7-8-19-32(29)28-33)41-37-22-11-9-20-35(37)40(31-17-5-2-6-18-31)36-21-10-12-23-38(36)41/h1-28H/i2D,5D,6D,7D,8D,9D,10D,11D,12D,14D,17D,18D,19D,20D,21D,22D,23D,26D,27D,28D. The lowest BCUT2D eigenvalue weighted by Gasteiger charge is -2.18. The summed E-state index contributed by atoms with van der Waals surface area (Å²) in [6.45, 7) is 0. The van der Waals surface area contributed by atoms with Gasteiger partial charge in [0.15, 0.2) is 0 Å². The fourth-order valence-corrected chi connectivity index (χ4v) is 5.78. The zero-order valence-electron chi connectivity index (χ0n) is 43.0. The van der Waals surface area contributed by atoms with Crippen molar-refractivity contribution in [1.29, 1.82) is 0 Å². The van der Waals surface area contributed by atoms with Crippen molar-refractivity contribution in [3.63, 3.8) is 0 Å². The molecule has 0 N–H and O–H groups in total. The summed E-state index contributed by atoms with van der Waals surface area (Å²) in [5, 5.41) is -2.70. The molecule has 210 valence electrons. The fraction of sp³-hybridized carbons (Fsp3) is 0. The van der Waals surface area contributed by atoms with E-state index in [9.17, 15) is 8.22 Å². The van der Waals surface area contributed by atoms with Crippen molar-refractivity contribution in [2.24, 2.45) is 0 Å². The maximum absolute atomic E-state index is 9.58. The molecular formula is C44H28O. The van der Waals surface area contributed by atoms with E-state index in [1.165, 1.54) is 6.07 Å². The van der Waals surface area contributed by atoms with Crippen molar-refractivity contribution in [1.82, 2.24) is 0 Å². The second-order valence-corrected chi connectivity index (χ2v) is 10.1. The van der Waals surface area contributed by atoms with E-state index >= 15 is 0 Å². The Balaban J connectivity index is 1.65. The van der Waals surface area contributed by atoms with Crippen LogP contribution in [-0.4, -0.2) is 0 Å². The van der Waals surface area contributed by atoms with Crippen LogP contribution in [0.5, 0.6) is 0 Å². The molecule has 1 heteroatoms. The largest absolute Gasteiger partial charge is 0.455 e. The van der Waals surface area contributed by atoms with Gasteiger partial charge in [0.25, 0.3) is 0 Å². The Kier molecular flexibility index (Phi) is 2.90. The molecule has 0 radical (unpaired) electrons. The fourth-order valence-electron chi connectivity index (χ4n) is 5.78. The van der Waals surface area contributed by atoms with Gasteiger partial charge in [0.1, 0.15) is 11.3 Å². The first-order chi connectivity index (χ1) is 30.7. The van der Waals surface area contributed by atoms with Gasteiger partial charge in [-0.05, 0) is 55.1 Å². The highest BCUT2D eigenvalue weighted by Crippen LogP contribution is 2.50. The van der Waals surface area contributed by atoms with Gasteiger partial charge in [0.05, 0.1) is 27.4 Å². The first-order valence-electron chi connectivity index (χ1n) is 23.8. The van der Waals surface area contributed by atoms with Gasteiger partial charge in [-0.3, -0.25) is 0 Å². The van der Waals surface area contributed by atoms with Gasteiger partial charge in [-0.1, -0.05) is 163 Å². The number of hydrogen-bond acceptors (Lipinski definition) is 1. The molecule has 0 amide bonds. The SMILES string of the molecule is [2H]c1c([2H])c([2H])c(-c2c3c([2H])c([2H])c([2H])c([2H])c3c(-c3c(-c4c([2H])c([2H])c5c([2H])c([2H])c([2H])c([2H])c5c4[2H])oc4c(-c5ccccc5)cccc34)c3c([2H])c([2H])c([2H])c([2H])c23)c([2H])c1[2H]. The molecule has 0 bridgehead atoms. The monoisotopic (exact) mass is 592 g/mol. The van der Waals surface area contributed by atoms with Crippen LogP contribution in [0.25, 0.3) is 88.0 Å². The zero-order chi connectivity index (χ0) is 47.1. The summed E-state index contributed by atoms with van der Waals surface area (Å²) in [6, 6.07) is -2.06. The van der Waals surface area contributed by atoms with E-state index in [1.807, 2.05) is 0 Å². The normalized spacial score (nSPS) is 17.8. The number of hydrogen-bond donors (Lipinski definition) is 0. The van der Waals surface area contributed by atoms with Crippen LogP contribution in [0.1, 0.15) is 27.4 Å². The lowest BCUT2D eigenvalue weighted by atomic mass is 9.84. The summed E-state index contributed by atoms with van der Waals surface area (Å²) in [5.41, 5.74) is -1.17. The third kappa shape index (κ3) is 4.09. The van der Waals surface area contributed by atoms with Crippen LogP contribution >= 0.6 is 0 Å². The Morgan fingerprint density at radius 3 is 1.73 bits per heavy atom. The van der Waals surface area contributed by atoms with Gasteiger partial charge < -0.3 is 4.42 Å². The Morgan fingerprint density at radius 2 is 1.02 bits per heavy atom. The molecule has 0 spiro atoms. The molecule has 1 heterocycles. The molecule has 0 aliphatic rings. The van der Waals surface area contributed by atoms with Crippen molar-refractivity contribution >= 4 is 43.3 Å². The lowest BCUT2D eigenvalue weighted by Crippen LogP contribution is -1.91. The maximum Gasteiger partial charge on any atom is 0.143 e. The highest BCUT2D eigenvalue weighted by molar-refractivity contribution is 6.25. The van der Waals surface area contributed by atoms with Crippen LogP contribution in [0.15, 0.2) is 174 Å². The van der Waals surface area contributed by atoms with E-state index in [-0.39, 0.29) is 22.1 Å². The van der Waals surface area contributed by atoms with Gasteiger partial charge in [-0.2, -0.15) is 0 Å². The molecule has 8 aromatic carbocycles. The van der Waals surface area contributed by atoms with E-state index in [2.05, 4.69) is 0 Å². The molecule has 1 nitrogen and oxygen atoms in total. The summed E-state index contributed by atoms with van der Waals surface area (Å²) >= 11 is 0. The van der Waals surface area contributed by atoms with Gasteiger partial charge in [-0.15, -0.1) is 0 Å². The molecule has 0 fully saturated rings. The molecule has 0 saturated heterocycles. The van der Waals surface area contributed by atoms with Gasteiger partial charge in [0.2, 0.25) is 0 Å². The minimum Gasteiger partial charge on any atom is -0.455 e. The van der Waals surface area contributed by atoms with Crippen LogP contribution < -0.4 is 0 Å². The summed E-state index contributed by atoms with van der Waals surface area (Å²) in [4.78, 5) is 0. The molecule has 0 saturated carbocycles. The minimum atomic E-state index is -0.838. The zero-order valence-corrected chi connectivity index (χ0v) is 23.0. The predicted octanol–water partition coefficient (Wildman–Crippen LogP) is 12.6. The Labute approximate surface area is 289 Å². The topological polar surface area (TPSA) is 13.1 Å². The molecule has 0 atom stereocenters. The summed E-state index contributed by atoms with van der Waals surface area (Å²) in [5.74, 6) is -0.445. The molecule has 45 heavy (non-hydrogen) atoms. The number of furan rings is 1. The average Bonchev–Trinajstić information content (AvgIpc) is 3.68. The molecule has 9 aromatic rings. The first-order valence-corrected chi connectivity index (χ1v) is 13.8. The van der Waals surface area contributed by atoms with E-state index in [1.54, 1.807) is 42.5 Å². The molecule has 0 unspecified atom stereocenters. The Morgan fingerprint density at radius 1 is 0.400 bits per heavy atom. The maximum atomic E-state index is 9.58. The second kappa shape index (κ2) is 10.4. The third-order valence-corrected chi connectivity index (χ3v) is 7.65. The van der Waals surface area contributed by atoms with Gasteiger partial charge in [0, 0.05) is 27.6 Å². The Bertz CT molecular complexity index is 3540. The summed E-state index contributed by atoms with van der Waals surface area (Å²) in [6.07, 6.45) is 0. The van der Waals surface area contributed by atoms with Crippen LogP contribution in [-0.2, 0) is 0 Å². The van der Waals surface area contributed by atoms with E-state index in [0.717, 1.165) is 0 Å². The number of rotatable bonds is 4. The van der Waals surface area contributed by atoms with Gasteiger partial charge >= 0.3 is 0 Å². The third-order valence-electron chi connectivity index (χ3n) is 7.65. The van der Waals surface area contributed by atoms with Crippen molar-refractivity contribution in [2.45, 2.75) is 0 Å². The second-order valence-electron chi connectivity index (χ2n) is 10.1. The van der Waals surface area contributed by atoms with Crippen LogP contribution in [0, 0.1) is 0 Å². The molecule has 0 aliphatic carbocycles. The van der Waals surface area contributed by atoms with E-state index in [4.69, 9.17) is 23.6 Å². The van der Waals surface area contributed by atoms with Crippen molar-refractivity contribution in [3.8, 4) is 44.7 Å². The van der Waals surface area contributed by atoms with Crippen molar-refractivity contribution in [2.75, 3.05) is 0 Å². The number of para-hydroxylation sites is 1. The van der Waals surface area contributed by atoms with Crippen LogP contribution in [0.3, 0.4) is 0 Å². The highest BCUT2D eigenvalue weighted by Gasteiger charge is 2.25. The minimum absolute atomic E-state index is 0.0433. The Hall–Kier alpha value is -5.92. The summed E-state index contributed by atoms with van der Waals surface area (Å²) < 4.78 is 186. The van der Waals surface area contributed by atoms with E-state index in [0.29, 0.717) is 11.1 Å². The predicted molar refractivity (Wildman–Crippen MR) is 190 cm³/mol. The summed E-state index contributed by atoms with van der Waals surface area (Å²) in [7, 11) is 0.